The third-order valence-electron chi connectivity index (χ3n) is 3.78. The molecule has 1 N–H and O–H groups in total. The first-order chi connectivity index (χ1) is 10.0. The molecule has 0 aliphatic heterocycles. The molecule has 21 heavy (non-hydrogen) atoms. The van der Waals surface area contributed by atoms with Crippen LogP contribution >= 0.6 is 11.8 Å². The Bertz CT molecular complexity index is 488. The Morgan fingerprint density at radius 3 is 2.86 bits per heavy atom. The molecule has 0 unspecified atom stereocenters. The fourth-order valence-electron chi connectivity index (χ4n) is 2.49. The minimum Gasteiger partial charge on any atom is -0.466 e. The maximum Gasteiger partial charge on any atom is 0.308 e. The zero-order chi connectivity index (χ0) is 15.3. The van der Waals surface area contributed by atoms with E-state index in [1.54, 1.807) is 6.20 Å². The molecule has 0 amide bonds. The van der Waals surface area contributed by atoms with E-state index >= 15 is 0 Å². The quantitative estimate of drug-likeness (QED) is 0.511. The van der Waals surface area contributed by atoms with Crippen molar-refractivity contribution in [1.29, 1.82) is 0 Å². The molecule has 0 radical (unpaired) electrons. The van der Waals surface area contributed by atoms with E-state index < -0.39 is 5.60 Å². The van der Waals surface area contributed by atoms with Gasteiger partial charge in [-0.2, -0.15) is 0 Å². The Morgan fingerprint density at radius 1 is 1.52 bits per heavy atom. The van der Waals surface area contributed by atoms with E-state index in [-0.39, 0.29) is 11.9 Å². The van der Waals surface area contributed by atoms with E-state index in [9.17, 15) is 9.90 Å². The standard InChI is InChI=1S/C15H22N2O3S/c1-3-20-13(18)12-4-7-15(19,8-5-12)10-21-14-16-9-6-11(2)17-14/h6,9,12,19H,3-5,7-8,10H2,1-2H3. The lowest BCUT2D eigenvalue weighted by Crippen LogP contribution is -2.38. The van der Waals surface area contributed by atoms with Crippen molar-refractivity contribution in [3.63, 3.8) is 0 Å². The summed E-state index contributed by atoms with van der Waals surface area (Å²) < 4.78 is 5.05. The highest BCUT2D eigenvalue weighted by molar-refractivity contribution is 7.99. The van der Waals surface area contributed by atoms with Crippen LogP contribution in [0.3, 0.4) is 0 Å². The molecule has 1 aromatic rings. The van der Waals surface area contributed by atoms with E-state index in [0.717, 1.165) is 5.69 Å². The number of aryl methyl sites for hydroxylation is 1. The first kappa shape index (κ1) is 16.2. The van der Waals surface area contributed by atoms with Gasteiger partial charge in [-0.05, 0) is 45.6 Å². The number of ether oxygens (including phenoxy) is 1. The second-order valence-electron chi connectivity index (χ2n) is 5.52. The van der Waals surface area contributed by atoms with Crippen molar-refractivity contribution in [2.75, 3.05) is 12.4 Å². The maximum absolute atomic E-state index is 11.7. The summed E-state index contributed by atoms with van der Waals surface area (Å²) in [5.41, 5.74) is 0.186. The molecule has 5 nitrogen and oxygen atoms in total. The maximum atomic E-state index is 11.7. The van der Waals surface area contributed by atoms with E-state index in [1.165, 1.54) is 11.8 Å². The molecule has 0 bridgehead atoms. The third kappa shape index (κ3) is 4.68. The van der Waals surface area contributed by atoms with Crippen molar-refractivity contribution < 1.29 is 14.6 Å². The van der Waals surface area contributed by atoms with Crippen LogP contribution in [0, 0.1) is 12.8 Å². The number of esters is 1. The molecule has 1 saturated carbocycles. The van der Waals surface area contributed by atoms with Gasteiger partial charge in [-0.3, -0.25) is 4.79 Å². The summed E-state index contributed by atoms with van der Waals surface area (Å²) in [6.07, 6.45) is 4.34. The lowest BCUT2D eigenvalue weighted by molar-refractivity contribution is -0.150. The van der Waals surface area contributed by atoms with Crippen LogP contribution in [-0.2, 0) is 9.53 Å². The van der Waals surface area contributed by atoms with Crippen LogP contribution in [0.2, 0.25) is 0 Å². The second kappa shape index (κ2) is 7.22. The summed E-state index contributed by atoms with van der Waals surface area (Å²) in [5, 5.41) is 11.3. The van der Waals surface area contributed by atoms with E-state index in [0.29, 0.717) is 43.2 Å². The van der Waals surface area contributed by atoms with Crippen LogP contribution in [0.5, 0.6) is 0 Å². The lowest BCUT2D eigenvalue weighted by Gasteiger charge is -2.34. The SMILES string of the molecule is CCOC(=O)C1CCC(O)(CSc2nccc(C)n2)CC1. The zero-order valence-corrected chi connectivity index (χ0v) is 13.4. The highest BCUT2D eigenvalue weighted by Crippen LogP contribution is 2.36. The number of nitrogens with zero attached hydrogens (tertiary/aromatic N) is 2. The van der Waals surface area contributed by atoms with Gasteiger partial charge in [-0.1, -0.05) is 11.8 Å². The van der Waals surface area contributed by atoms with Gasteiger partial charge in [0.05, 0.1) is 18.1 Å². The van der Waals surface area contributed by atoms with Gasteiger partial charge in [0, 0.05) is 17.6 Å². The molecule has 1 heterocycles. The number of carbonyl (C=O) groups excluding carboxylic acids is 1. The van der Waals surface area contributed by atoms with Crippen LogP contribution in [-0.4, -0.2) is 39.0 Å². The molecule has 1 fully saturated rings. The fraction of sp³-hybridized carbons (Fsp3) is 0.667. The normalized spacial score (nSPS) is 25.6. The van der Waals surface area contributed by atoms with Crippen LogP contribution in [0.25, 0.3) is 0 Å². The monoisotopic (exact) mass is 310 g/mol. The minimum absolute atomic E-state index is 0.0644. The Morgan fingerprint density at radius 2 is 2.24 bits per heavy atom. The average Bonchev–Trinajstić information content (AvgIpc) is 2.46. The molecular formula is C15H22N2O3S. The molecule has 116 valence electrons. The predicted molar refractivity (Wildman–Crippen MR) is 81.0 cm³/mol. The van der Waals surface area contributed by atoms with Gasteiger partial charge in [0.2, 0.25) is 0 Å². The first-order valence-corrected chi connectivity index (χ1v) is 8.32. The van der Waals surface area contributed by atoms with Crippen LogP contribution in [0.1, 0.15) is 38.3 Å². The number of hydrogen-bond donors (Lipinski definition) is 1. The highest BCUT2D eigenvalue weighted by Gasteiger charge is 2.36. The Hall–Kier alpha value is -1.14. The van der Waals surface area contributed by atoms with Gasteiger partial charge in [0.25, 0.3) is 0 Å². The second-order valence-corrected chi connectivity index (χ2v) is 6.46. The molecule has 1 aromatic heterocycles. The van der Waals surface area contributed by atoms with Crippen molar-refractivity contribution in [3.8, 4) is 0 Å². The van der Waals surface area contributed by atoms with Crippen LogP contribution < -0.4 is 0 Å². The molecule has 6 heteroatoms. The molecule has 0 saturated heterocycles. The Kier molecular flexibility index (Phi) is 5.58. The Labute approximate surface area is 129 Å². The zero-order valence-electron chi connectivity index (χ0n) is 12.5. The van der Waals surface area contributed by atoms with Crippen molar-refractivity contribution >= 4 is 17.7 Å². The van der Waals surface area contributed by atoms with Gasteiger partial charge >= 0.3 is 5.97 Å². The summed E-state index contributed by atoms with van der Waals surface area (Å²) in [6, 6.07) is 1.85. The smallest absolute Gasteiger partial charge is 0.308 e. The molecule has 0 aromatic carbocycles. The molecule has 0 spiro atoms. The number of carbonyl (C=O) groups is 1. The molecule has 1 aliphatic rings. The largest absolute Gasteiger partial charge is 0.466 e. The van der Waals surface area contributed by atoms with Crippen LogP contribution in [0.15, 0.2) is 17.4 Å². The van der Waals surface area contributed by atoms with Gasteiger partial charge in [-0.25, -0.2) is 9.97 Å². The fourth-order valence-corrected chi connectivity index (χ4v) is 3.52. The lowest BCUT2D eigenvalue weighted by atomic mass is 9.80. The summed E-state index contributed by atoms with van der Waals surface area (Å²) >= 11 is 1.47. The van der Waals surface area contributed by atoms with Gasteiger partial charge < -0.3 is 9.84 Å². The minimum atomic E-state index is -0.735. The average molecular weight is 310 g/mol. The number of rotatable bonds is 5. The molecule has 0 atom stereocenters. The number of hydrogen-bond acceptors (Lipinski definition) is 6. The molecular weight excluding hydrogens is 288 g/mol. The molecule has 2 rings (SSSR count). The van der Waals surface area contributed by atoms with Crippen molar-refractivity contribution in [3.05, 3.63) is 18.0 Å². The number of aliphatic hydroxyl groups is 1. The first-order valence-electron chi connectivity index (χ1n) is 7.34. The van der Waals surface area contributed by atoms with Crippen molar-refractivity contribution in [2.45, 2.75) is 50.3 Å². The third-order valence-corrected chi connectivity index (χ3v) is 4.92. The van der Waals surface area contributed by atoms with Gasteiger partial charge in [-0.15, -0.1) is 0 Å². The number of thioether (sulfide) groups is 1. The Balaban J connectivity index is 1.83. The summed E-state index contributed by atoms with van der Waals surface area (Å²) in [7, 11) is 0. The summed E-state index contributed by atoms with van der Waals surface area (Å²) in [4.78, 5) is 20.2. The van der Waals surface area contributed by atoms with Crippen LogP contribution in [0.4, 0.5) is 0 Å². The van der Waals surface area contributed by atoms with Gasteiger partial charge in [0.1, 0.15) is 0 Å². The topological polar surface area (TPSA) is 72.3 Å². The number of aromatic nitrogens is 2. The highest BCUT2D eigenvalue weighted by atomic mass is 32.2. The van der Waals surface area contributed by atoms with E-state index in [2.05, 4.69) is 9.97 Å². The predicted octanol–water partition coefficient (Wildman–Crippen LogP) is 2.36. The van der Waals surface area contributed by atoms with E-state index in [4.69, 9.17) is 4.74 Å². The molecule has 1 aliphatic carbocycles. The summed E-state index contributed by atoms with van der Waals surface area (Å²) in [5.74, 6) is 0.367. The van der Waals surface area contributed by atoms with E-state index in [1.807, 2.05) is 19.9 Å². The van der Waals surface area contributed by atoms with Gasteiger partial charge in [0.15, 0.2) is 5.16 Å². The summed E-state index contributed by atoms with van der Waals surface area (Å²) in [6.45, 7) is 4.15. The van der Waals surface area contributed by atoms with Crippen molar-refractivity contribution in [1.82, 2.24) is 9.97 Å². The van der Waals surface area contributed by atoms with Crippen molar-refractivity contribution in [2.24, 2.45) is 5.92 Å².